The van der Waals surface area contributed by atoms with E-state index in [0.29, 0.717) is 12.0 Å². The van der Waals surface area contributed by atoms with Gasteiger partial charge >= 0.3 is 5.97 Å². The Bertz CT molecular complexity index is 434. The monoisotopic (exact) mass is 278 g/mol. The average Bonchev–Trinajstić information content (AvgIpc) is 2.40. The SMILES string of the molecule is CCNC(C)CC(=O)NCC(C(=O)O)c1ccccc1. The first-order valence-corrected chi connectivity index (χ1v) is 6.82. The molecule has 1 amide bonds. The Morgan fingerprint density at radius 2 is 1.90 bits per heavy atom. The van der Waals surface area contributed by atoms with Gasteiger partial charge in [-0.1, -0.05) is 37.3 Å². The van der Waals surface area contributed by atoms with Crippen molar-refractivity contribution in [2.75, 3.05) is 13.1 Å². The third-order valence-electron chi connectivity index (χ3n) is 3.05. The molecule has 3 N–H and O–H groups in total. The minimum Gasteiger partial charge on any atom is -0.481 e. The molecule has 0 heterocycles. The Balaban J connectivity index is 2.52. The molecule has 1 aromatic carbocycles. The lowest BCUT2D eigenvalue weighted by Crippen LogP contribution is -2.36. The van der Waals surface area contributed by atoms with E-state index in [-0.39, 0.29) is 18.5 Å². The molecule has 2 atom stereocenters. The van der Waals surface area contributed by atoms with Gasteiger partial charge in [0.05, 0.1) is 5.92 Å². The number of carbonyl (C=O) groups is 2. The largest absolute Gasteiger partial charge is 0.481 e. The molecule has 110 valence electrons. The van der Waals surface area contributed by atoms with Crippen LogP contribution >= 0.6 is 0 Å². The van der Waals surface area contributed by atoms with Crippen LogP contribution in [0, 0.1) is 0 Å². The number of carboxylic acid groups (broad SMARTS) is 1. The van der Waals surface area contributed by atoms with Crippen LogP contribution in [0.15, 0.2) is 30.3 Å². The first-order chi connectivity index (χ1) is 9.54. The number of amides is 1. The minimum absolute atomic E-state index is 0.0833. The summed E-state index contributed by atoms with van der Waals surface area (Å²) in [6.07, 6.45) is 0.342. The van der Waals surface area contributed by atoms with Crippen LogP contribution in [0.4, 0.5) is 0 Å². The summed E-state index contributed by atoms with van der Waals surface area (Å²) in [5, 5.41) is 15.1. The molecule has 0 aliphatic carbocycles. The third kappa shape index (κ3) is 5.40. The Morgan fingerprint density at radius 1 is 1.25 bits per heavy atom. The van der Waals surface area contributed by atoms with Gasteiger partial charge in [0, 0.05) is 19.0 Å². The summed E-state index contributed by atoms with van der Waals surface area (Å²) in [4.78, 5) is 23.0. The van der Waals surface area contributed by atoms with Crippen LogP contribution in [0.1, 0.15) is 31.7 Å². The van der Waals surface area contributed by atoms with E-state index in [1.807, 2.05) is 19.9 Å². The molecule has 5 heteroatoms. The van der Waals surface area contributed by atoms with Crippen molar-refractivity contribution in [2.45, 2.75) is 32.2 Å². The molecule has 0 fully saturated rings. The number of carbonyl (C=O) groups excluding carboxylic acids is 1. The number of hydrogen-bond donors (Lipinski definition) is 3. The maximum absolute atomic E-state index is 11.7. The van der Waals surface area contributed by atoms with Gasteiger partial charge in [-0.15, -0.1) is 0 Å². The molecule has 0 radical (unpaired) electrons. The van der Waals surface area contributed by atoms with Crippen molar-refractivity contribution in [1.82, 2.24) is 10.6 Å². The van der Waals surface area contributed by atoms with Crippen LogP contribution in [0.2, 0.25) is 0 Å². The zero-order chi connectivity index (χ0) is 15.0. The molecule has 0 aromatic heterocycles. The zero-order valence-corrected chi connectivity index (χ0v) is 11.9. The Morgan fingerprint density at radius 3 is 2.45 bits per heavy atom. The minimum atomic E-state index is -0.934. The predicted octanol–water partition coefficient (Wildman–Crippen LogP) is 1.36. The number of benzene rings is 1. The van der Waals surface area contributed by atoms with E-state index in [1.165, 1.54) is 0 Å². The van der Waals surface area contributed by atoms with Crippen molar-refractivity contribution in [1.29, 1.82) is 0 Å². The van der Waals surface area contributed by atoms with Crippen molar-refractivity contribution in [2.24, 2.45) is 0 Å². The lowest BCUT2D eigenvalue weighted by Gasteiger charge is -2.16. The van der Waals surface area contributed by atoms with E-state index in [2.05, 4.69) is 10.6 Å². The van der Waals surface area contributed by atoms with E-state index < -0.39 is 11.9 Å². The van der Waals surface area contributed by atoms with Crippen LogP contribution in [-0.4, -0.2) is 36.1 Å². The van der Waals surface area contributed by atoms with E-state index in [1.54, 1.807) is 24.3 Å². The molecule has 0 aliphatic rings. The highest BCUT2D eigenvalue weighted by Crippen LogP contribution is 2.14. The second-order valence-corrected chi connectivity index (χ2v) is 4.77. The van der Waals surface area contributed by atoms with E-state index in [0.717, 1.165) is 6.54 Å². The molecular weight excluding hydrogens is 256 g/mol. The first kappa shape index (κ1) is 16.2. The number of rotatable bonds is 8. The maximum atomic E-state index is 11.7. The van der Waals surface area contributed by atoms with Gasteiger partial charge in [-0.3, -0.25) is 9.59 Å². The summed E-state index contributed by atoms with van der Waals surface area (Å²) in [6, 6.07) is 9.01. The highest BCUT2D eigenvalue weighted by Gasteiger charge is 2.20. The van der Waals surface area contributed by atoms with Crippen molar-refractivity contribution >= 4 is 11.9 Å². The van der Waals surface area contributed by atoms with Crippen molar-refractivity contribution in [3.05, 3.63) is 35.9 Å². The number of nitrogens with one attached hydrogen (secondary N) is 2. The third-order valence-corrected chi connectivity index (χ3v) is 3.05. The topological polar surface area (TPSA) is 78.4 Å². The Kier molecular flexibility index (Phi) is 6.73. The molecule has 0 saturated heterocycles. The summed E-state index contributed by atoms with van der Waals surface area (Å²) in [7, 11) is 0. The maximum Gasteiger partial charge on any atom is 0.312 e. The average molecular weight is 278 g/mol. The van der Waals surface area contributed by atoms with Crippen molar-refractivity contribution in [3.8, 4) is 0 Å². The lowest BCUT2D eigenvalue weighted by molar-refractivity contribution is -0.138. The fraction of sp³-hybridized carbons (Fsp3) is 0.467. The smallest absolute Gasteiger partial charge is 0.312 e. The molecule has 2 unspecified atom stereocenters. The van der Waals surface area contributed by atoms with Gasteiger partial charge in [-0.25, -0.2) is 0 Å². The summed E-state index contributed by atoms with van der Waals surface area (Å²) < 4.78 is 0. The molecule has 20 heavy (non-hydrogen) atoms. The molecule has 5 nitrogen and oxygen atoms in total. The molecule has 0 bridgehead atoms. The van der Waals surface area contributed by atoms with Crippen LogP contribution in [0.3, 0.4) is 0 Å². The predicted molar refractivity (Wildman–Crippen MR) is 77.6 cm³/mol. The highest BCUT2D eigenvalue weighted by atomic mass is 16.4. The van der Waals surface area contributed by atoms with Crippen LogP contribution in [0.25, 0.3) is 0 Å². The zero-order valence-electron chi connectivity index (χ0n) is 11.9. The van der Waals surface area contributed by atoms with Gasteiger partial charge in [-0.2, -0.15) is 0 Å². The van der Waals surface area contributed by atoms with Gasteiger partial charge in [0.25, 0.3) is 0 Å². The fourth-order valence-corrected chi connectivity index (χ4v) is 2.02. The molecule has 1 rings (SSSR count). The highest BCUT2D eigenvalue weighted by molar-refractivity contribution is 5.80. The van der Waals surface area contributed by atoms with Crippen molar-refractivity contribution < 1.29 is 14.7 Å². The standard InChI is InChI=1S/C15H22N2O3/c1-3-16-11(2)9-14(18)17-10-13(15(19)20)12-7-5-4-6-8-12/h4-8,11,13,16H,3,9-10H2,1-2H3,(H,17,18)(H,19,20). The first-order valence-electron chi connectivity index (χ1n) is 6.82. The molecule has 0 aliphatic heterocycles. The Hall–Kier alpha value is -1.88. The second kappa shape index (κ2) is 8.32. The number of aliphatic carboxylic acids is 1. The molecule has 1 aromatic rings. The van der Waals surface area contributed by atoms with Crippen molar-refractivity contribution in [3.63, 3.8) is 0 Å². The van der Waals surface area contributed by atoms with Crippen LogP contribution in [-0.2, 0) is 9.59 Å². The van der Waals surface area contributed by atoms with E-state index in [4.69, 9.17) is 0 Å². The second-order valence-electron chi connectivity index (χ2n) is 4.77. The van der Waals surface area contributed by atoms with Gasteiger partial charge < -0.3 is 15.7 Å². The lowest BCUT2D eigenvalue weighted by atomic mass is 9.99. The van der Waals surface area contributed by atoms with Crippen LogP contribution in [0.5, 0.6) is 0 Å². The van der Waals surface area contributed by atoms with Gasteiger partial charge in [-0.05, 0) is 19.0 Å². The molecule has 0 saturated carbocycles. The Labute approximate surface area is 119 Å². The summed E-state index contributed by atoms with van der Waals surface area (Å²) in [5.74, 6) is -1.79. The molecule has 0 spiro atoms. The van der Waals surface area contributed by atoms with E-state index >= 15 is 0 Å². The normalized spacial score (nSPS) is 13.5. The number of carboxylic acids is 1. The fourth-order valence-electron chi connectivity index (χ4n) is 2.02. The van der Waals surface area contributed by atoms with Crippen LogP contribution < -0.4 is 10.6 Å². The van der Waals surface area contributed by atoms with Gasteiger partial charge in [0.1, 0.15) is 0 Å². The summed E-state index contributed by atoms with van der Waals surface area (Å²) in [5.41, 5.74) is 0.694. The molecular formula is C15H22N2O3. The van der Waals surface area contributed by atoms with Gasteiger partial charge in [0.2, 0.25) is 5.91 Å². The summed E-state index contributed by atoms with van der Waals surface area (Å²) in [6.45, 7) is 4.81. The quantitative estimate of drug-likeness (QED) is 0.671. The van der Waals surface area contributed by atoms with Gasteiger partial charge in [0.15, 0.2) is 0 Å². The summed E-state index contributed by atoms with van der Waals surface area (Å²) >= 11 is 0. The number of hydrogen-bond acceptors (Lipinski definition) is 3. The van der Waals surface area contributed by atoms with E-state index in [9.17, 15) is 14.7 Å².